The van der Waals surface area contributed by atoms with Crippen LogP contribution in [0, 0.1) is 0 Å². The molecule has 0 bridgehead atoms. The molecule has 1 unspecified atom stereocenters. The molecule has 5 heteroatoms. The minimum atomic E-state index is -1.65. The zero-order valence-corrected chi connectivity index (χ0v) is 13.0. The van der Waals surface area contributed by atoms with Crippen molar-refractivity contribution in [1.29, 1.82) is 0 Å². The summed E-state index contributed by atoms with van der Waals surface area (Å²) in [6.07, 6.45) is 3.18. The highest BCUT2D eigenvalue weighted by atomic mass is 16.8. The highest BCUT2D eigenvalue weighted by molar-refractivity contribution is 5.15. The van der Waals surface area contributed by atoms with E-state index in [2.05, 4.69) is 37.6 Å². The average molecular weight is 282 g/mol. The van der Waals surface area contributed by atoms with Crippen molar-refractivity contribution in [2.75, 3.05) is 13.2 Å². The Bertz CT molecular complexity index is 372. The normalized spacial score (nSPS) is 14.8. The summed E-state index contributed by atoms with van der Waals surface area (Å²) in [6.45, 7) is 11.2. The Balaban J connectivity index is 2.43. The van der Waals surface area contributed by atoms with Crippen molar-refractivity contribution < 1.29 is 14.6 Å². The molecule has 114 valence electrons. The van der Waals surface area contributed by atoms with E-state index in [1.54, 1.807) is 18.3 Å². The lowest BCUT2D eigenvalue weighted by atomic mass is 10.2. The van der Waals surface area contributed by atoms with E-state index >= 15 is 0 Å². The molecule has 1 aromatic heterocycles. The van der Waals surface area contributed by atoms with Gasteiger partial charge in [-0.25, -0.2) is 0 Å². The van der Waals surface area contributed by atoms with Crippen molar-refractivity contribution in [3.8, 4) is 5.75 Å². The zero-order valence-electron chi connectivity index (χ0n) is 13.0. The second-order valence-electron chi connectivity index (χ2n) is 5.46. The summed E-state index contributed by atoms with van der Waals surface area (Å²) >= 11 is 0. The molecule has 1 rings (SSSR count). The van der Waals surface area contributed by atoms with Crippen molar-refractivity contribution >= 4 is 0 Å². The molecule has 0 amide bonds. The van der Waals surface area contributed by atoms with Crippen LogP contribution in [-0.4, -0.2) is 46.2 Å². The monoisotopic (exact) mass is 282 g/mol. The topological polar surface area (TPSA) is 54.8 Å². The molecule has 0 saturated heterocycles. The van der Waals surface area contributed by atoms with Crippen LogP contribution >= 0.6 is 0 Å². The van der Waals surface area contributed by atoms with Crippen molar-refractivity contribution in [2.24, 2.45) is 0 Å². The van der Waals surface area contributed by atoms with Gasteiger partial charge in [-0.2, -0.15) is 0 Å². The summed E-state index contributed by atoms with van der Waals surface area (Å²) in [6, 6.07) is 4.33. The van der Waals surface area contributed by atoms with Gasteiger partial charge in [-0.3, -0.25) is 9.88 Å². The Labute approximate surface area is 121 Å². The van der Waals surface area contributed by atoms with Gasteiger partial charge in [0, 0.05) is 31.7 Å². The lowest BCUT2D eigenvalue weighted by molar-refractivity contribution is -0.308. The lowest BCUT2D eigenvalue weighted by Gasteiger charge is -2.32. The minimum Gasteiger partial charge on any atom is -0.438 e. The maximum atomic E-state index is 10.1. The van der Waals surface area contributed by atoms with Crippen LogP contribution in [0.15, 0.2) is 24.5 Å². The standard InChI is InChI=1S/C15H26N2O3/c1-12(2)17(13(3)4)9-10-19-15(5,18)20-14-7-6-8-16-11-14/h6-8,11-13,18H,9-10H2,1-5H3. The molecule has 1 N–H and O–H groups in total. The third kappa shape index (κ3) is 5.86. The summed E-state index contributed by atoms with van der Waals surface area (Å²) in [5.41, 5.74) is 0. The summed E-state index contributed by atoms with van der Waals surface area (Å²) in [5, 5.41) is 10.1. The number of aliphatic hydroxyl groups is 1. The van der Waals surface area contributed by atoms with Crippen molar-refractivity contribution in [3.63, 3.8) is 0 Å². The van der Waals surface area contributed by atoms with Crippen LogP contribution in [0.4, 0.5) is 0 Å². The molecule has 0 aliphatic heterocycles. The summed E-state index contributed by atoms with van der Waals surface area (Å²) in [5.74, 6) is -1.18. The molecule has 1 heterocycles. The predicted octanol–water partition coefficient (Wildman–Crippen LogP) is 2.26. The van der Waals surface area contributed by atoms with Crippen LogP contribution in [0.3, 0.4) is 0 Å². The van der Waals surface area contributed by atoms with Gasteiger partial charge in [0.1, 0.15) is 5.75 Å². The number of ether oxygens (including phenoxy) is 2. The molecule has 0 fully saturated rings. The van der Waals surface area contributed by atoms with Crippen LogP contribution in [0.25, 0.3) is 0 Å². The molecule has 0 aliphatic carbocycles. The van der Waals surface area contributed by atoms with E-state index in [4.69, 9.17) is 9.47 Å². The first kappa shape index (κ1) is 16.9. The van der Waals surface area contributed by atoms with Gasteiger partial charge < -0.3 is 14.6 Å². The third-order valence-electron chi connectivity index (χ3n) is 2.99. The fraction of sp³-hybridized carbons (Fsp3) is 0.667. The van der Waals surface area contributed by atoms with Gasteiger partial charge in [-0.1, -0.05) is 0 Å². The van der Waals surface area contributed by atoms with Gasteiger partial charge in [0.2, 0.25) is 0 Å². The Morgan fingerprint density at radius 1 is 1.30 bits per heavy atom. The molecule has 1 aromatic rings. The molecule has 0 saturated carbocycles. The second kappa shape index (κ2) is 7.57. The van der Waals surface area contributed by atoms with E-state index in [9.17, 15) is 5.11 Å². The highest BCUT2D eigenvalue weighted by Crippen LogP contribution is 2.16. The highest BCUT2D eigenvalue weighted by Gasteiger charge is 2.24. The van der Waals surface area contributed by atoms with Gasteiger partial charge in [-0.15, -0.1) is 0 Å². The SMILES string of the molecule is CC(C)N(CCOC(C)(O)Oc1cccnc1)C(C)C. The number of aromatic nitrogens is 1. The molecule has 0 aromatic carbocycles. The first-order chi connectivity index (χ1) is 9.32. The van der Waals surface area contributed by atoms with E-state index in [-0.39, 0.29) is 0 Å². The van der Waals surface area contributed by atoms with Crippen LogP contribution in [0.2, 0.25) is 0 Å². The number of hydrogen-bond acceptors (Lipinski definition) is 5. The molecule has 5 nitrogen and oxygen atoms in total. The van der Waals surface area contributed by atoms with Gasteiger partial charge >= 0.3 is 5.97 Å². The molecular weight excluding hydrogens is 256 g/mol. The minimum absolute atomic E-state index is 0.392. The Kier molecular flexibility index (Phi) is 6.39. The largest absolute Gasteiger partial charge is 0.438 e. The van der Waals surface area contributed by atoms with Gasteiger partial charge in [0.05, 0.1) is 12.8 Å². The summed E-state index contributed by atoms with van der Waals surface area (Å²) in [4.78, 5) is 6.22. The van der Waals surface area contributed by atoms with Gasteiger partial charge in [0.15, 0.2) is 0 Å². The number of nitrogens with zero attached hydrogens (tertiary/aromatic N) is 2. The van der Waals surface area contributed by atoms with E-state index in [0.29, 0.717) is 24.4 Å². The smallest absolute Gasteiger partial charge is 0.321 e. The van der Waals surface area contributed by atoms with Crippen molar-refractivity contribution in [3.05, 3.63) is 24.5 Å². The Hall–Kier alpha value is -1.17. The van der Waals surface area contributed by atoms with E-state index < -0.39 is 5.97 Å². The molecule has 0 radical (unpaired) electrons. The average Bonchev–Trinajstić information content (AvgIpc) is 2.34. The van der Waals surface area contributed by atoms with Crippen LogP contribution in [-0.2, 0) is 4.74 Å². The first-order valence-electron chi connectivity index (χ1n) is 7.03. The van der Waals surface area contributed by atoms with Crippen molar-refractivity contribution in [1.82, 2.24) is 9.88 Å². The predicted molar refractivity (Wildman–Crippen MR) is 78.4 cm³/mol. The van der Waals surface area contributed by atoms with E-state index in [1.807, 2.05) is 0 Å². The number of rotatable bonds is 8. The maximum absolute atomic E-state index is 10.1. The van der Waals surface area contributed by atoms with Crippen LogP contribution in [0.1, 0.15) is 34.6 Å². The van der Waals surface area contributed by atoms with Crippen molar-refractivity contribution in [2.45, 2.75) is 52.7 Å². The summed E-state index contributed by atoms with van der Waals surface area (Å²) in [7, 11) is 0. The fourth-order valence-electron chi connectivity index (χ4n) is 2.11. The molecule has 20 heavy (non-hydrogen) atoms. The maximum Gasteiger partial charge on any atom is 0.321 e. The lowest BCUT2D eigenvalue weighted by Crippen LogP contribution is -2.42. The van der Waals surface area contributed by atoms with E-state index in [0.717, 1.165) is 6.54 Å². The zero-order chi connectivity index (χ0) is 15.2. The van der Waals surface area contributed by atoms with Gasteiger partial charge in [0.25, 0.3) is 0 Å². The van der Waals surface area contributed by atoms with Crippen LogP contribution < -0.4 is 4.74 Å². The Morgan fingerprint density at radius 3 is 2.45 bits per heavy atom. The fourth-order valence-corrected chi connectivity index (χ4v) is 2.11. The quantitative estimate of drug-likeness (QED) is 0.741. The van der Waals surface area contributed by atoms with E-state index in [1.165, 1.54) is 13.1 Å². The number of pyridine rings is 1. The molecule has 0 spiro atoms. The summed E-state index contributed by atoms with van der Waals surface area (Å²) < 4.78 is 10.8. The Morgan fingerprint density at radius 2 is 1.95 bits per heavy atom. The second-order valence-corrected chi connectivity index (χ2v) is 5.46. The molecular formula is C15H26N2O3. The van der Waals surface area contributed by atoms with Crippen LogP contribution in [0.5, 0.6) is 5.75 Å². The van der Waals surface area contributed by atoms with Gasteiger partial charge in [-0.05, 0) is 39.8 Å². The third-order valence-corrected chi connectivity index (χ3v) is 2.99. The first-order valence-corrected chi connectivity index (χ1v) is 7.03. The molecule has 1 atom stereocenters. The number of hydrogen-bond donors (Lipinski definition) is 1. The molecule has 0 aliphatic rings.